The maximum Gasteiger partial charge on any atom is 0.168 e. The van der Waals surface area contributed by atoms with Crippen LogP contribution in [0.1, 0.15) is 17.2 Å². The zero-order chi connectivity index (χ0) is 15.4. The van der Waals surface area contributed by atoms with E-state index in [-0.39, 0.29) is 16.8 Å². The molecule has 2 rings (SSSR count). The summed E-state index contributed by atoms with van der Waals surface area (Å²) in [4.78, 5) is 0. The average Bonchev–Trinajstić information content (AvgIpc) is 2.49. The lowest BCUT2D eigenvalue weighted by atomic mass is 9.98. The van der Waals surface area contributed by atoms with E-state index < -0.39 is 11.6 Å². The zero-order valence-corrected chi connectivity index (χ0v) is 12.5. The first kappa shape index (κ1) is 15.7. The molecule has 0 saturated carbocycles. The Morgan fingerprint density at radius 2 is 1.90 bits per heavy atom. The van der Waals surface area contributed by atoms with Gasteiger partial charge in [-0.05, 0) is 36.7 Å². The number of hydrogen-bond donors (Lipinski definition) is 1. The van der Waals surface area contributed by atoms with Crippen LogP contribution in [0.2, 0.25) is 5.02 Å². The van der Waals surface area contributed by atoms with Gasteiger partial charge in [0.25, 0.3) is 0 Å². The van der Waals surface area contributed by atoms with Crippen molar-refractivity contribution in [3.05, 3.63) is 64.2 Å². The quantitative estimate of drug-likeness (QED) is 0.896. The second-order valence-electron chi connectivity index (χ2n) is 4.62. The summed E-state index contributed by atoms with van der Waals surface area (Å²) in [6, 6.07) is 9.27. The van der Waals surface area contributed by atoms with Gasteiger partial charge in [-0.2, -0.15) is 0 Å². The summed E-state index contributed by atoms with van der Waals surface area (Å²) in [6.45, 7) is 0. The monoisotopic (exact) mass is 311 g/mol. The van der Waals surface area contributed by atoms with Crippen LogP contribution in [0.3, 0.4) is 0 Å². The molecule has 0 fully saturated rings. The molecule has 21 heavy (non-hydrogen) atoms. The topological polar surface area (TPSA) is 21.3 Å². The molecule has 0 spiro atoms. The maximum absolute atomic E-state index is 14.2. The molecule has 2 aromatic rings. The van der Waals surface area contributed by atoms with Crippen LogP contribution in [0.4, 0.5) is 8.78 Å². The van der Waals surface area contributed by atoms with Gasteiger partial charge < -0.3 is 10.1 Å². The van der Waals surface area contributed by atoms with Gasteiger partial charge in [-0.3, -0.25) is 0 Å². The van der Waals surface area contributed by atoms with Crippen molar-refractivity contribution in [1.82, 2.24) is 5.32 Å². The van der Waals surface area contributed by atoms with Crippen LogP contribution in [0.5, 0.6) is 5.75 Å². The number of nitrogens with one attached hydrogen (secondary N) is 1. The van der Waals surface area contributed by atoms with Crippen LogP contribution in [-0.4, -0.2) is 14.2 Å². The van der Waals surface area contributed by atoms with E-state index in [1.165, 1.54) is 13.2 Å². The second-order valence-corrected chi connectivity index (χ2v) is 5.00. The molecule has 0 aliphatic carbocycles. The summed E-state index contributed by atoms with van der Waals surface area (Å²) in [7, 11) is 3.14. The lowest BCUT2D eigenvalue weighted by Crippen LogP contribution is -2.20. The van der Waals surface area contributed by atoms with Crippen molar-refractivity contribution in [3.8, 4) is 5.75 Å². The highest BCUT2D eigenvalue weighted by Crippen LogP contribution is 2.30. The van der Waals surface area contributed by atoms with Crippen molar-refractivity contribution in [1.29, 1.82) is 0 Å². The third-order valence-corrected chi connectivity index (χ3v) is 3.79. The van der Waals surface area contributed by atoms with E-state index in [4.69, 9.17) is 16.3 Å². The van der Waals surface area contributed by atoms with Gasteiger partial charge in [0, 0.05) is 6.04 Å². The minimum atomic E-state index is -0.486. The Morgan fingerprint density at radius 1 is 1.19 bits per heavy atom. The number of hydrogen-bond acceptors (Lipinski definition) is 2. The molecule has 0 amide bonds. The fourth-order valence-electron chi connectivity index (χ4n) is 2.25. The van der Waals surface area contributed by atoms with E-state index in [1.54, 1.807) is 37.4 Å². The second kappa shape index (κ2) is 6.87. The SMILES string of the molecule is CNC(Cc1cccc(OC)c1F)c1cccc(F)c1Cl. The Morgan fingerprint density at radius 3 is 2.57 bits per heavy atom. The van der Waals surface area contributed by atoms with Gasteiger partial charge in [-0.1, -0.05) is 35.9 Å². The number of ether oxygens (including phenoxy) is 1. The lowest BCUT2D eigenvalue weighted by molar-refractivity contribution is 0.383. The molecule has 0 radical (unpaired) electrons. The van der Waals surface area contributed by atoms with Gasteiger partial charge in [0.05, 0.1) is 12.1 Å². The molecule has 0 aliphatic heterocycles. The highest BCUT2D eigenvalue weighted by Gasteiger charge is 2.18. The summed E-state index contributed by atoms with van der Waals surface area (Å²) in [5.74, 6) is -0.707. The summed E-state index contributed by atoms with van der Waals surface area (Å²) in [6.07, 6.45) is 0.336. The van der Waals surface area contributed by atoms with Gasteiger partial charge in [0.1, 0.15) is 5.82 Å². The molecule has 0 saturated heterocycles. The van der Waals surface area contributed by atoms with Crippen LogP contribution in [0, 0.1) is 11.6 Å². The fourth-order valence-corrected chi connectivity index (χ4v) is 2.51. The largest absolute Gasteiger partial charge is 0.494 e. The lowest BCUT2D eigenvalue weighted by Gasteiger charge is -2.19. The van der Waals surface area contributed by atoms with Crippen LogP contribution in [0.15, 0.2) is 36.4 Å². The number of halogens is 3. The molecular formula is C16H16ClF2NO. The summed E-state index contributed by atoms with van der Waals surface area (Å²) in [5.41, 5.74) is 1.08. The molecule has 0 aromatic heterocycles. The molecule has 0 heterocycles. The molecule has 112 valence electrons. The van der Waals surface area contributed by atoms with Crippen molar-refractivity contribution in [2.75, 3.05) is 14.2 Å². The number of rotatable bonds is 5. The fraction of sp³-hybridized carbons (Fsp3) is 0.250. The molecular weight excluding hydrogens is 296 g/mol. The van der Waals surface area contributed by atoms with Gasteiger partial charge in [0.15, 0.2) is 11.6 Å². The van der Waals surface area contributed by atoms with Crippen LogP contribution in [-0.2, 0) is 6.42 Å². The Hall–Kier alpha value is -1.65. The number of benzene rings is 2. The van der Waals surface area contributed by atoms with Crippen LogP contribution >= 0.6 is 11.6 Å². The number of likely N-dealkylation sites (N-methyl/N-ethyl adjacent to an activating group) is 1. The minimum Gasteiger partial charge on any atom is -0.494 e. The molecule has 0 bridgehead atoms. The van der Waals surface area contributed by atoms with Crippen molar-refractivity contribution in [2.24, 2.45) is 0 Å². The van der Waals surface area contributed by atoms with Crippen molar-refractivity contribution < 1.29 is 13.5 Å². The first-order chi connectivity index (χ1) is 10.1. The van der Waals surface area contributed by atoms with Gasteiger partial charge in [-0.25, -0.2) is 8.78 Å². The third kappa shape index (κ3) is 3.34. The van der Waals surface area contributed by atoms with E-state index in [0.717, 1.165) is 0 Å². The Balaban J connectivity index is 2.34. The predicted octanol–water partition coefficient (Wildman–Crippen LogP) is 4.13. The highest BCUT2D eigenvalue weighted by atomic mass is 35.5. The number of methoxy groups -OCH3 is 1. The van der Waals surface area contributed by atoms with E-state index in [0.29, 0.717) is 17.5 Å². The minimum absolute atomic E-state index is 0.0557. The van der Waals surface area contributed by atoms with E-state index in [1.807, 2.05) is 0 Å². The van der Waals surface area contributed by atoms with Gasteiger partial charge in [0.2, 0.25) is 0 Å². The Labute approximate surface area is 127 Å². The predicted molar refractivity (Wildman–Crippen MR) is 79.9 cm³/mol. The van der Waals surface area contributed by atoms with E-state index >= 15 is 0 Å². The first-order valence-corrected chi connectivity index (χ1v) is 6.88. The standard InChI is InChI=1S/C16H16ClF2NO/c1-20-13(11-6-4-7-12(18)15(11)17)9-10-5-3-8-14(21-2)16(10)19/h3-8,13,20H,9H2,1-2H3. The van der Waals surface area contributed by atoms with E-state index in [2.05, 4.69) is 5.32 Å². The Bertz CT molecular complexity index is 634. The first-order valence-electron chi connectivity index (χ1n) is 6.51. The Kier molecular flexibility index (Phi) is 5.15. The molecule has 5 heteroatoms. The van der Waals surface area contributed by atoms with Crippen LogP contribution in [0.25, 0.3) is 0 Å². The van der Waals surface area contributed by atoms with Crippen molar-refractivity contribution in [3.63, 3.8) is 0 Å². The normalized spacial score (nSPS) is 12.2. The van der Waals surface area contributed by atoms with Gasteiger partial charge in [-0.15, -0.1) is 0 Å². The summed E-state index contributed by atoms with van der Waals surface area (Å²) >= 11 is 6.00. The molecule has 2 nitrogen and oxygen atoms in total. The van der Waals surface area contributed by atoms with Crippen molar-refractivity contribution in [2.45, 2.75) is 12.5 Å². The molecule has 2 aromatic carbocycles. The van der Waals surface area contributed by atoms with Crippen molar-refractivity contribution >= 4 is 11.6 Å². The van der Waals surface area contributed by atoms with Crippen LogP contribution < -0.4 is 10.1 Å². The third-order valence-electron chi connectivity index (χ3n) is 3.39. The molecule has 1 atom stereocenters. The highest BCUT2D eigenvalue weighted by molar-refractivity contribution is 6.31. The maximum atomic E-state index is 14.2. The smallest absolute Gasteiger partial charge is 0.168 e. The summed E-state index contributed by atoms with van der Waals surface area (Å²) < 4.78 is 32.7. The zero-order valence-electron chi connectivity index (χ0n) is 11.8. The summed E-state index contributed by atoms with van der Waals surface area (Å²) in [5, 5.41) is 3.10. The van der Waals surface area contributed by atoms with Gasteiger partial charge >= 0.3 is 0 Å². The van der Waals surface area contributed by atoms with E-state index in [9.17, 15) is 8.78 Å². The average molecular weight is 312 g/mol. The molecule has 0 aliphatic rings. The molecule has 1 unspecified atom stereocenters. The molecule has 1 N–H and O–H groups in total.